The second-order valence-electron chi connectivity index (χ2n) is 3.07. The average molecular weight is 239 g/mol. The van der Waals surface area contributed by atoms with Gasteiger partial charge in [0.1, 0.15) is 5.15 Å². The van der Waals surface area contributed by atoms with Gasteiger partial charge >= 0.3 is 5.69 Å². The van der Waals surface area contributed by atoms with Crippen molar-refractivity contribution in [2.24, 2.45) is 0 Å². The van der Waals surface area contributed by atoms with Gasteiger partial charge in [0.25, 0.3) is 0 Å². The summed E-state index contributed by atoms with van der Waals surface area (Å²) in [6.07, 6.45) is 1.43. The first-order valence-electron chi connectivity index (χ1n) is 4.40. The molecule has 0 fully saturated rings. The largest absolute Gasteiger partial charge is 0.490 e. The first kappa shape index (κ1) is 10.6. The number of rotatable bonds is 2. The summed E-state index contributed by atoms with van der Waals surface area (Å²) in [5.41, 5.74) is -0.0932. The highest BCUT2D eigenvalue weighted by Gasteiger charge is 2.20. The topological polar surface area (TPSA) is 65.3 Å². The number of fused-ring (bicyclic) bond motifs is 1. The summed E-state index contributed by atoms with van der Waals surface area (Å²) in [6.45, 7) is 0. The maximum atomic E-state index is 11.0. The lowest BCUT2D eigenvalue weighted by atomic mass is 10.1. The van der Waals surface area contributed by atoms with Crippen LogP contribution in [0.3, 0.4) is 0 Å². The van der Waals surface area contributed by atoms with Gasteiger partial charge in [-0.1, -0.05) is 11.6 Å². The molecule has 0 saturated carbocycles. The third kappa shape index (κ3) is 1.55. The van der Waals surface area contributed by atoms with Gasteiger partial charge in [0.2, 0.25) is 0 Å². The first-order chi connectivity index (χ1) is 7.65. The number of hydrogen-bond donors (Lipinski definition) is 0. The number of ether oxygens (including phenoxy) is 1. The molecule has 16 heavy (non-hydrogen) atoms. The van der Waals surface area contributed by atoms with Crippen LogP contribution >= 0.6 is 11.6 Å². The molecule has 6 heteroatoms. The molecule has 0 unspecified atom stereocenters. The number of nitro benzene ring substituents is 1. The minimum atomic E-state index is -0.489. The summed E-state index contributed by atoms with van der Waals surface area (Å²) in [6, 6.07) is 4.70. The van der Waals surface area contributed by atoms with E-state index in [1.807, 2.05) is 0 Å². The fourth-order valence-electron chi connectivity index (χ4n) is 1.54. The first-order valence-corrected chi connectivity index (χ1v) is 4.78. The number of pyridine rings is 1. The van der Waals surface area contributed by atoms with Crippen LogP contribution < -0.4 is 4.74 Å². The molecule has 2 rings (SSSR count). The van der Waals surface area contributed by atoms with Crippen molar-refractivity contribution in [3.8, 4) is 5.75 Å². The zero-order valence-electron chi connectivity index (χ0n) is 8.31. The summed E-state index contributed by atoms with van der Waals surface area (Å²) in [4.78, 5) is 14.3. The van der Waals surface area contributed by atoms with Crippen molar-refractivity contribution in [1.82, 2.24) is 4.98 Å². The van der Waals surface area contributed by atoms with E-state index in [1.54, 1.807) is 12.1 Å². The minimum absolute atomic E-state index is 0.0932. The van der Waals surface area contributed by atoms with Crippen LogP contribution in [-0.4, -0.2) is 17.0 Å². The highest BCUT2D eigenvalue weighted by Crippen LogP contribution is 2.36. The molecule has 2 aromatic rings. The van der Waals surface area contributed by atoms with E-state index in [0.29, 0.717) is 10.8 Å². The molecule has 1 heterocycles. The van der Waals surface area contributed by atoms with Crippen molar-refractivity contribution >= 4 is 28.1 Å². The van der Waals surface area contributed by atoms with Gasteiger partial charge in [0.05, 0.1) is 17.4 Å². The van der Waals surface area contributed by atoms with Crippen molar-refractivity contribution in [1.29, 1.82) is 0 Å². The van der Waals surface area contributed by atoms with Crippen molar-refractivity contribution < 1.29 is 9.66 Å². The van der Waals surface area contributed by atoms with Crippen LogP contribution in [0.4, 0.5) is 5.69 Å². The molecule has 0 atom stereocenters. The summed E-state index contributed by atoms with van der Waals surface area (Å²) in [5.74, 6) is 0.208. The molecule has 0 bridgehead atoms. The lowest BCUT2D eigenvalue weighted by Gasteiger charge is -2.05. The Labute approximate surface area is 95.8 Å². The van der Waals surface area contributed by atoms with Gasteiger partial charge in [-0.05, 0) is 18.2 Å². The van der Waals surface area contributed by atoms with Gasteiger partial charge in [0, 0.05) is 11.6 Å². The third-order valence-corrected chi connectivity index (χ3v) is 2.54. The Kier molecular flexibility index (Phi) is 2.62. The van der Waals surface area contributed by atoms with Crippen molar-refractivity contribution in [3.63, 3.8) is 0 Å². The van der Waals surface area contributed by atoms with E-state index in [9.17, 15) is 10.1 Å². The van der Waals surface area contributed by atoms with Crippen LogP contribution in [0.5, 0.6) is 5.75 Å². The second-order valence-corrected chi connectivity index (χ2v) is 3.43. The van der Waals surface area contributed by atoms with E-state index < -0.39 is 4.92 Å². The number of nitrogens with zero attached hydrogens (tertiary/aromatic N) is 2. The van der Waals surface area contributed by atoms with Crippen LogP contribution in [0.2, 0.25) is 5.15 Å². The highest BCUT2D eigenvalue weighted by atomic mass is 35.5. The lowest BCUT2D eigenvalue weighted by molar-refractivity contribution is -0.383. The van der Waals surface area contributed by atoms with Crippen molar-refractivity contribution in [2.75, 3.05) is 7.11 Å². The molecule has 1 aromatic heterocycles. The molecule has 0 radical (unpaired) electrons. The standard InChI is InChI=1S/C10H7ClN2O3/c1-16-8-3-2-7-6(9(8)13(14)15)4-5-12-10(7)11/h2-5H,1H3. The molecular weight excluding hydrogens is 232 g/mol. The predicted molar refractivity (Wildman–Crippen MR) is 60.0 cm³/mol. The second kappa shape index (κ2) is 3.94. The Morgan fingerprint density at radius 1 is 1.38 bits per heavy atom. The molecule has 0 saturated heterocycles. The van der Waals surface area contributed by atoms with E-state index in [1.165, 1.54) is 19.4 Å². The number of nitro groups is 1. The minimum Gasteiger partial charge on any atom is -0.490 e. The van der Waals surface area contributed by atoms with Gasteiger partial charge in [-0.3, -0.25) is 10.1 Å². The van der Waals surface area contributed by atoms with E-state index in [4.69, 9.17) is 16.3 Å². The third-order valence-electron chi connectivity index (χ3n) is 2.23. The van der Waals surface area contributed by atoms with Gasteiger partial charge in [-0.25, -0.2) is 4.98 Å². The monoisotopic (exact) mass is 238 g/mol. The molecule has 0 amide bonds. The number of benzene rings is 1. The summed E-state index contributed by atoms with van der Waals surface area (Å²) in [5, 5.41) is 12.2. The normalized spacial score (nSPS) is 10.4. The Hall–Kier alpha value is -1.88. The smallest absolute Gasteiger partial charge is 0.318 e. The Balaban J connectivity index is 2.90. The molecule has 1 aromatic carbocycles. The van der Waals surface area contributed by atoms with Crippen LogP contribution in [-0.2, 0) is 0 Å². The predicted octanol–water partition coefficient (Wildman–Crippen LogP) is 2.81. The Morgan fingerprint density at radius 2 is 2.12 bits per heavy atom. The van der Waals surface area contributed by atoms with Gasteiger partial charge in [-0.15, -0.1) is 0 Å². The van der Waals surface area contributed by atoms with E-state index in [2.05, 4.69) is 4.98 Å². The number of hydrogen-bond acceptors (Lipinski definition) is 4. The van der Waals surface area contributed by atoms with E-state index in [-0.39, 0.29) is 16.6 Å². The average Bonchev–Trinajstić information content (AvgIpc) is 2.27. The summed E-state index contributed by atoms with van der Waals surface area (Å²) < 4.78 is 4.95. The Morgan fingerprint density at radius 3 is 2.75 bits per heavy atom. The van der Waals surface area contributed by atoms with Crippen LogP contribution in [0, 0.1) is 10.1 Å². The summed E-state index contributed by atoms with van der Waals surface area (Å²) in [7, 11) is 1.39. The lowest BCUT2D eigenvalue weighted by Crippen LogP contribution is -1.95. The Bertz CT molecular complexity index is 571. The van der Waals surface area contributed by atoms with Gasteiger partial charge in [0.15, 0.2) is 5.75 Å². The number of aromatic nitrogens is 1. The molecule has 0 spiro atoms. The number of methoxy groups -OCH3 is 1. The van der Waals surface area contributed by atoms with Crippen LogP contribution in [0.1, 0.15) is 0 Å². The molecule has 0 aliphatic heterocycles. The highest BCUT2D eigenvalue weighted by molar-refractivity contribution is 6.34. The molecule has 0 aliphatic carbocycles. The maximum absolute atomic E-state index is 11.0. The fourth-order valence-corrected chi connectivity index (χ4v) is 1.76. The number of halogens is 1. The SMILES string of the molecule is COc1ccc2c(Cl)nccc2c1[N+](=O)[O-]. The summed E-state index contributed by atoms with van der Waals surface area (Å²) >= 11 is 5.85. The van der Waals surface area contributed by atoms with Crippen LogP contribution in [0.15, 0.2) is 24.4 Å². The molecule has 0 aliphatic rings. The molecule has 5 nitrogen and oxygen atoms in total. The van der Waals surface area contributed by atoms with Gasteiger partial charge in [-0.2, -0.15) is 0 Å². The molecular formula is C10H7ClN2O3. The van der Waals surface area contributed by atoms with E-state index in [0.717, 1.165) is 0 Å². The van der Waals surface area contributed by atoms with Crippen molar-refractivity contribution in [3.05, 3.63) is 39.7 Å². The maximum Gasteiger partial charge on any atom is 0.318 e. The quantitative estimate of drug-likeness (QED) is 0.458. The zero-order valence-corrected chi connectivity index (χ0v) is 9.06. The molecule has 0 N–H and O–H groups in total. The molecule has 82 valence electrons. The van der Waals surface area contributed by atoms with Crippen LogP contribution in [0.25, 0.3) is 10.8 Å². The zero-order chi connectivity index (χ0) is 11.7. The van der Waals surface area contributed by atoms with Gasteiger partial charge < -0.3 is 4.74 Å². The van der Waals surface area contributed by atoms with E-state index >= 15 is 0 Å². The van der Waals surface area contributed by atoms with Crippen molar-refractivity contribution in [2.45, 2.75) is 0 Å². The fraction of sp³-hybridized carbons (Fsp3) is 0.100.